The van der Waals surface area contributed by atoms with Crippen molar-refractivity contribution < 1.29 is 13.2 Å². The predicted molar refractivity (Wildman–Crippen MR) is 47.8 cm³/mol. The maximum Gasteiger partial charge on any atom is 0.154 e. The minimum atomic E-state index is -3.07. The molecule has 1 aliphatic rings. The Labute approximate surface area is 78.4 Å². The summed E-state index contributed by atoms with van der Waals surface area (Å²) in [5.74, 6) is 0.102. The van der Waals surface area contributed by atoms with Gasteiger partial charge in [0, 0.05) is 12.9 Å². The van der Waals surface area contributed by atoms with Gasteiger partial charge in [0.25, 0.3) is 0 Å². The molecule has 0 amide bonds. The molecule has 0 radical (unpaired) electrons. The van der Waals surface area contributed by atoms with Crippen LogP contribution in [0.3, 0.4) is 0 Å². The molecule has 0 heterocycles. The normalized spacial score (nSPS) is 32.5. The molecular weight excluding hydrogens is 190 g/mol. The van der Waals surface area contributed by atoms with E-state index in [0.717, 1.165) is 0 Å². The summed E-state index contributed by atoms with van der Waals surface area (Å²) in [6.07, 6.45) is 0.424. The van der Waals surface area contributed by atoms with Crippen LogP contribution in [0.5, 0.6) is 0 Å². The summed E-state index contributed by atoms with van der Waals surface area (Å²) in [4.78, 5) is 0. The third-order valence-electron chi connectivity index (χ3n) is 2.47. The fourth-order valence-electron chi connectivity index (χ4n) is 1.50. The van der Waals surface area contributed by atoms with Crippen LogP contribution < -0.4 is 0 Å². The molecule has 13 heavy (non-hydrogen) atoms. The maximum atomic E-state index is 11.4. The van der Waals surface area contributed by atoms with E-state index in [0.29, 0.717) is 6.42 Å². The first kappa shape index (κ1) is 10.5. The van der Waals surface area contributed by atoms with E-state index in [2.05, 4.69) is 0 Å². The van der Waals surface area contributed by atoms with Crippen LogP contribution in [0.1, 0.15) is 13.3 Å². The van der Waals surface area contributed by atoms with E-state index >= 15 is 0 Å². The lowest BCUT2D eigenvalue weighted by molar-refractivity contribution is 0.164. The van der Waals surface area contributed by atoms with Gasteiger partial charge in [0.05, 0.1) is 23.3 Å². The fraction of sp³-hybridized carbons (Fsp3) is 0.875. The highest BCUT2D eigenvalue weighted by Gasteiger charge is 2.61. The Hall–Kier alpha value is -0.600. The van der Waals surface area contributed by atoms with Crippen molar-refractivity contribution in [2.75, 3.05) is 19.5 Å². The van der Waals surface area contributed by atoms with E-state index < -0.39 is 20.5 Å². The highest BCUT2D eigenvalue weighted by molar-refractivity contribution is 7.92. The van der Waals surface area contributed by atoms with Crippen LogP contribution in [0, 0.1) is 16.7 Å². The Balaban J connectivity index is 2.78. The number of sulfone groups is 1. The van der Waals surface area contributed by atoms with E-state index in [1.54, 1.807) is 6.92 Å². The summed E-state index contributed by atoms with van der Waals surface area (Å²) in [6.45, 7) is 1.82. The zero-order valence-corrected chi connectivity index (χ0v) is 8.60. The molecule has 1 aliphatic carbocycles. The second-order valence-corrected chi connectivity index (χ2v) is 5.82. The van der Waals surface area contributed by atoms with Crippen LogP contribution in [0.25, 0.3) is 0 Å². The van der Waals surface area contributed by atoms with Gasteiger partial charge in [-0.05, 0) is 6.42 Å². The van der Waals surface area contributed by atoms with E-state index in [9.17, 15) is 8.42 Å². The number of rotatable bonds is 4. The first-order valence-electron chi connectivity index (χ1n) is 4.14. The van der Waals surface area contributed by atoms with Crippen molar-refractivity contribution in [1.29, 1.82) is 5.26 Å². The van der Waals surface area contributed by atoms with Crippen LogP contribution in [-0.2, 0) is 14.6 Å². The Morgan fingerprint density at radius 3 is 2.69 bits per heavy atom. The molecular formula is C8H13NO3S. The topological polar surface area (TPSA) is 67.2 Å². The molecule has 0 unspecified atom stereocenters. The number of nitrogens with zero attached hydrogens (tertiary/aromatic N) is 1. The molecule has 74 valence electrons. The van der Waals surface area contributed by atoms with Crippen LogP contribution >= 0.6 is 0 Å². The first-order valence-corrected chi connectivity index (χ1v) is 5.85. The molecule has 0 aromatic rings. The fourth-order valence-corrected chi connectivity index (χ4v) is 3.27. The molecule has 0 bridgehead atoms. The summed E-state index contributed by atoms with van der Waals surface area (Å²) < 4.78 is 27.7. The van der Waals surface area contributed by atoms with Crippen molar-refractivity contribution in [3.05, 3.63) is 0 Å². The lowest BCUT2D eigenvalue weighted by Crippen LogP contribution is -2.20. The van der Waals surface area contributed by atoms with Crippen molar-refractivity contribution >= 4 is 9.84 Å². The van der Waals surface area contributed by atoms with Gasteiger partial charge in [-0.1, -0.05) is 6.92 Å². The molecule has 0 aromatic heterocycles. The van der Waals surface area contributed by atoms with Crippen LogP contribution in [0.4, 0.5) is 0 Å². The lowest BCUT2D eigenvalue weighted by atomic mass is 10.1. The summed E-state index contributed by atoms with van der Waals surface area (Å²) in [5, 5.41) is 8.32. The molecule has 0 aliphatic heterocycles. The molecule has 5 heteroatoms. The monoisotopic (exact) mass is 203 g/mol. The Kier molecular flexibility index (Phi) is 2.64. The summed E-state index contributed by atoms with van der Waals surface area (Å²) in [5.41, 5.74) is -0.760. The third-order valence-corrected chi connectivity index (χ3v) is 4.76. The van der Waals surface area contributed by atoms with Crippen LogP contribution in [0.2, 0.25) is 0 Å². The molecule has 1 fully saturated rings. The Bertz CT molecular complexity index is 330. The number of hydrogen-bond acceptors (Lipinski definition) is 4. The lowest BCUT2D eigenvalue weighted by Gasteiger charge is -2.06. The molecule has 1 rings (SSSR count). The summed E-state index contributed by atoms with van der Waals surface area (Å²) >= 11 is 0. The number of ether oxygens (including phenoxy) is 1. The smallest absolute Gasteiger partial charge is 0.154 e. The molecule has 2 atom stereocenters. The predicted octanol–water partition coefficient (Wildman–Crippen LogP) is 0.350. The molecule has 0 aromatic carbocycles. The van der Waals surface area contributed by atoms with Crippen LogP contribution in [-0.4, -0.2) is 33.1 Å². The Morgan fingerprint density at radius 2 is 2.31 bits per heavy atom. The zero-order valence-electron chi connectivity index (χ0n) is 7.78. The Morgan fingerprint density at radius 1 is 1.69 bits per heavy atom. The second-order valence-electron chi connectivity index (χ2n) is 3.35. The largest absolute Gasteiger partial charge is 0.383 e. The number of hydrogen-bond donors (Lipinski definition) is 0. The quantitative estimate of drug-likeness (QED) is 0.661. The van der Waals surface area contributed by atoms with Crippen molar-refractivity contribution in [3.63, 3.8) is 0 Å². The molecule has 0 spiro atoms. The van der Waals surface area contributed by atoms with Gasteiger partial charge >= 0.3 is 0 Å². The van der Waals surface area contributed by atoms with Gasteiger partial charge < -0.3 is 4.74 Å². The van der Waals surface area contributed by atoms with E-state index in [-0.39, 0.29) is 12.4 Å². The van der Waals surface area contributed by atoms with Gasteiger partial charge in [-0.15, -0.1) is 0 Å². The summed E-state index contributed by atoms with van der Waals surface area (Å²) in [6, 6.07) is 2.04. The van der Waals surface area contributed by atoms with Gasteiger partial charge in [-0.25, -0.2) is 8.42 Å². The van der Waals surface area contributed by atoms with Gasteiger partial charge in [-0.2, -0.15) is 5.26 Å². The first-order chi connectivity index (χ1) is 6.02. The van der Waals surface area contributed by atoms with Gasteiger partial charge in [0.1, 0.15) is 0 Å². The third kappa shape index (κ3) is 1.69. The van der Waals surface area contributed by atoms with Crippen molar-refractivity contribution in [2.45, 2.75) is 18.6 Å². The van der Waals surface area contributed by atoms with Crippen LogP contribution in [0.15, 0.2) is 0 Å². The van der Waals surface area contributed by atoms with Crippen molar-refractivity contribution in [3.8, 4) is 6.07 Å². The van der Waals surface area contributed by atoms with E-state index in [1.807, 2.05) is 6.07 Å². The molecule has 4 nitrogen and oxygen atoms in total. The number of methoxy groups -OCH3 is 1. The highest BCUT2D eigenvalue weighted by Crippen LogP contribution is 2.50. The standard InChI is InChI=1S/C8H13NO3S/c1-3-13(10,11)7-4-8(7,5-9)6-12-2/h7H,3-4,6H2,1-2H3/t7-,8+/m1/s1. The minimum absolute atomic E-state index is 0.102. The van der Waals surface area contributed by atoms with Crippen molar-refractivity contribution in [2.24, 2.45) is 5.41 Å². The van der Waals surface area contributed by atoms with Gasteiger partial charge in [0.15, 0.2) is 9.84 Å². The summed E-state index contributed by atoms with van der Waals surface area (Å²) in [7, 11) is -1.59. The van der Waals surface area contributed by atoms with E-state index in [1.165, 1.54) is 7.11 Å². The van der Waals surface area contributed by atoms with Gasteiger partial charge in [0.2, 0.25) is 0 Å². The average molecular weight is 203 g/mol. The maximum absolute atomic E-state index is 11.4. The zero-order chi connectivity index (χ0) is 10.1. The average Bonchev–Trinajstić information content (AvgIpc) is 2.82. The molecule has 1 saturated carbocycles. The van der Waals surface area contributed by atoms with Crippen molar-refractivity contribution in [1.82, 2.24) is 0 Å². The number of nitriles is 1. The van der Waals surface area contributed by atoms with Gasteiger partial charge in [-0.3, -0.25) is 0 Å². The molecule has 0 saturated heterocycles. The van der Waals surface area contributed by atoms with E-state index in [4.69, 9.17) is 10.00 Å². The SMILES string of the molecule is CCS(=O)(=O)[C@@H]1C[C@]1(C#N)COC. The highest BCUT2D eigenvalue weighted by atomic mass is 32.2. The second kappa shape index (κ2) is 3.28. The molecule has 0 N–H and O–H groups in total. The minimum Gasteiger partial charge on any atom is -0.383 e.